The van der Waals surface area contributed by atoms with E-state index in [4.69, 9.17) is 27.9 Å². The van der Waals surface area contributed by atoms with Gasteiger partial charge in [0.1, 0.15) is 5.75 Å². The summed E-state index contributed by atoms with van der Waals surface area (Å²) >= 11 is 12.0. The smallest absolute Gasteiger partial charge is 0.263 e. The van der Waals surface area contributed by atoms with Crippen LogP contribution in [0.15, 0.2) is 42.5 Å². The molecule has 0 aliphatic carbocycles. The highest BCUT2D eigenvalue weighted by atomic mass is 35.5. The van der Waals surface area contributed by atoms with Gasteiger partial charge in [-0.15, -0.1) is 0 Å². The molecule has 0 saturated carbocycles. The number of Topliss-reactive ketones (excluding diaryl/α,β-unsaturated/α-hetero) is 1. The maximum absolute atomic E-state index is 12.7. The lowest BCUT2D eigenvalue weighted by Crippen LogP contribution is -2.45. The molecule has 1 heterocycles. The molecule has 0 bridgehead atoms. The Balaban J connectivity index is 1.55. The summed E-state index contributed by atoms with van der Waals surface area (Å²) in [4.78, 5) is 27.1. The van der Waals surface area contributed by atoms with Crippen molar-refractivity contribution >= 4 is 34.9 Å². The summed E-state index contributed by atoms with van der Waals surface area (Å²) in [6, 6.07) is 12.6. The third-order valence-corrected chi connectivity index (χ3v) is 5.59. The highest BCUT2D eigenvalue weighted by molar-refractivity contribution is 6.35. The number of ether oxygens (including phenoxy) is 1. The van der Waals surface area contributed by atoms with Gasteiger partial charge >= 0.3 is 0 Å². The second kappa shape index (κ2) is 8.97. The Morgan fingerprint density at radius 1 is 1.07 bits per heavy atom. The molecule has 1 atom stereocenters. The average molecular weight is 420 g/mol. The van der Waals surface area contributed by atoms with Crippen LogP contribution in [-0.4, -0.2) is 35.8 Å². The fourth-order valence-corrected chi connectivity index (χ4v) is 3.84. The second-order valence-electron chi connectivity index (χ2n) is 7.16. The molecule has 28 heavy (non-hydrogen) atoms. The monoisotopic (exact) mass is 419 g/mol. The Morgan fingerprint density at radius 3 is 2.32 bits per heavy atom. The van der Waals surface area contributed by atoms with Crippen LogP contribution in [0.5, 0.6) is 5.75 Å². The molecule has 0 N–H and O–H groups in total. The molecular formula is C22H23Cl2NO3. The van der Waals surface area contributed by atoms with Crippen molar-refractivity contribution in [2.45, 2.75) is 32.8 Å². The SMILES string of the molecule is Cc1ccc(C(=O)C2CCN(C(=O)C(C)Oc3ccc(Cl)cc3Cl)CC2)cc1. The molecule has 1 unspecified atom stereocenters. The molecule has 0 spiro atoms. The molecule has 4 nitrogen and oxygen atoms in total. The van der Waals surface area contributed by atoms with Gasteiger partial charge in [-0.2, -0.15) is 0 Å². The van der Waals surface area contributed by atoms with Crippen LogP contribution in [-0.2, 0) is 4.79 Å². The number of ketones is 1. The Kier molecular flexibility index (Phi) is 6.63. The Hall–Kier alpha value is -2.04. The summed E-state index contributed by atoms with van der Waals surface area (Å²) in [5.41, 5.74) is 1.87. The molecule has 1 aliphatic heterocycles. The standard InChI is InChI=1S/C22H23Cl2NO3/c1-14-3-5-16(6-4-14)21(26)17-9-11-25(12-10-17)22(27)15(2)28-20-8-7-18(23)13-19(20)24/h3-8,13,15,17H,9-12H2,1-2H3. The first-order valence-corrected chi connectivity index (χ1v) is 10.1. The van der Waals surface area contributed by atoms with E-state index < -0.39 is 6.10 Å². The van der Waals surface area contributed by atoms with E-state index >= 15 is 0 Å². The molecule has 0 aromatic heterocycles. The Bertz CT molecular complexity index is 859. The quantitative estimate of drug-likeness (QED) is 0.626. The fraction of sp³-hybridized carbons (Fsp3) is 0.364. The molecule has 1 fully saturated rings. The van der Waals surface area contributed by atoms with E-state index in [0.717, 1.165) is 11.1 Å². The highest BCUT2D eigenvalue weighted by Gasteiger charge is 2.30. The topological polar surface area (TPSA) is 46.6 Å². The first kappa shape index (κ1) is 20.7. The van der Waals surface area contributed by atoms with Crippen molar-refractivity contribution in [2.75, 3.05) is 13.1 Å². The summed E-state index contributed by atoms with van der Waals surface area (Å²) in [5, 5.41) is 0.881. The number of halogens is 2. The zero-order chi connectivity index (χ0) is 20.3. The van der Waals surface area contributed by atoms with Gasteiger partial charge in [0.25, 0.3) is 5.91 Å². The third kappa shape index (κ3) is 4.86. The lowest BCUT2D eigenvalue weighted by Gasteiger charge is -2.33. The summed E-state index contributed by atoms with van der Waals surface area (Å²) in [5.74, 6) is 0.432. The maximum Gasteiger partial charge on any atom is 0.263 e. The lowest BCUT2D eigenvalue weighted by atomic mass is 9.88. The van der Waals surface area contributed by atoms with Crippen LogP contribution in [0.3, 0.4) is 0 Å². The van der Waals surface area contributed by atoms with E-state index in [1.54, 1.807) is 30.0 Å². The van der Waals surface area contributed by atoms with Gasteiger partial charge in [0, 0.05) is 29.6 Å². The Labute approximate surface area is 175 Å². The van der Waals surface area contributed by atoms with E-state index in [-0.39, 0.29) is 17.6 Å². The summed E-state index contributed by atoms with van der Waals surface area (Å²) in [7, 11) is 0. The number of piperidine rings is 1. The van der Waals surface area contributed by atoms with Crippen molar-refractivity contribution in [1.29, 1.82) is 0 Å². The average Bonchev–Trinajstić information content (AvgIpc) is 2.69. The van der Waals surface area contributed by atoms with Crippen LogP contribution in [0.4, 0.5) is 0 Å². The number of hydrogen-bond acceptors (Lipinski definition) is 3. The minimum Gasteiger partial charge on any atom is -0.479 e. The molecule has 1 amide bonds. The van der Waals surface area contributed by atoms with Crippen LogP contribution in [0, 0.1) is 12.8 Å². The number of aryl methyl sites for hydroxylation is 1. The van der Waals surface area contributed by atoms with E-state index in [1.165, 1.54) is 0 Å². The van der Waals surface area contributed by atoms with E-state index in [2.05, 4.69) is 0 Å². The summed E-state index contributed by atoms with van der Waals surface area (Å²) in [6.45, 7) is 4.79. The molecule has 2 aromatic rings. The van der Waals surface area contributed by atoms with Crippen molar-refractivity contribution in [3.05, 3.63) is 63.6 Å². The minimum absolute atomic E-state index is 0.0475. The predicted octanol–water partition coefficient (Wildman–Crippen LogP) is 5.19. The molecule has 3 rings (SSSR count). The molecule has 1 aliphatic rings. The van der Waals surface area contributed by atoms with Gasteiger partial charge in [-0.05, 0) is 44.9 Å². The van der Waals surface area contributed by atoms with E-state index in [0.29, 0.717) is 41.7 Å². The highest BCUT2D eigenvalue weighted by Crippen LogP contribution is 2.29. The van der Waals surface area contributed by atoms with Gasteiger partial charge in [-0.1, -0.05) is 53.0 Å². The van der Waals surface area contributed by atoms with Crippen molar-refractivity contribution in [3.63, 3.8) is 0 Å². The number of nitrogens with zero attached hydrogens (tertiary/aromatic N) is 1. The third-order valence-electron chi connectivity index (χ3n) is 5.06. The number of likely N-dealkylation sites (tertiary alicyclic amines) is 1. The maximum atomic E-state index is 12.7. The first-order valence-electron chi connectivity index (χ1n) is 9.36. The van der Waals surface area contributed by atoms with Gasteiger partial charge in [0.15, 0.2) is 11.9 Å². The van der Waals surface area contributed by atoms with Crippen LogP contribution >= 0.6 is 23.2 Å². The molecule has 6 heteroatoms. The Morgan fingerprint density at radius 2 is 1.71 bits per heavy atom. The van der Waals surface area contributed by atoms with Gasteiger partial charge < -0.3 is 9.64 Å². The largest absolute Gasteiger partial charge is 0.479 e. The second-order valence-corrected chi connectivity index (χ2v) is 8.01. The van der Waals surface area contributed by atoms with Crippen LogP contribution in [0.2, 0.25) is 10.0 Å². The van der Waals surface area contributed by atoms with Crippen molar-refractivity contribution in [3.8, 4) is 5.75 Å². The number of hydrogen-bond donors (Lipinski definition) is 0. The number of rotatable bonds is 5. The van der Waals surface area contributed by atoms with Gasteiger partial charge in [-0.25, -0.2) is 0 Å². The van der Waals surface area contributed by atoms with Crippen molar-refractivity contribution in [2.24, 2.45) is 5.92 Å². The van der Waals surface area contributed by atoms with Crippen LogP contribution < -0.4 is 4.74 Å². The minimum atomic E-state index is -0.664. The van der Waals surface area contributed by atoms with Crippen LogP contribution in [0.1, 0.15) is 35.7 Å². The molecule has 2 aromatic carbocycles. The van der Waals surface area contributed by atoms with Crippen molar-refractivity contribution < 1.29 is 14.3 Å². The summed E-state index contributed by atoms with van der Waals surface area (Å²) in [6.07, 6.45) is 0.655. The lowest BCUT2D eigenvalue weighted by molar-refractivity contribution is -0.139. The zero-order valence-electron chi connectivity index (χ0n) is 16.0. The zero-order valence-corrected chi connectivity index (χ0v) is 17.5. The van der Waals surface area contributed by atoms with E-state index in [1.807, 2.05) is 31.2 Å². The fourth-order valence-electron chi connectivity index (χ4n) is 3.38. The molecule has 0 radical (unpaired) electrons. The molecule has 148 valence electrons. The van der Waals surface area contributed by atoms with Gasteiger partial charge in [-0.3, -0.25) is 9.59 Å². The molecular weight excluding hydrogens is 397 g/mol. The number of carbonyl (C=O) groups excluding carboxylic acids is 2. The summed E-state index contributed by atoms with van der Waals surface area (Å²) < 4.78 is 5.72. The van der Waals surface area contributed by atoms with Gasteiger partial charge in [0.05, 0.1) is 5.02 Å². The van der Waals surface area contributed by atoms with Gasteiger partial charge in [0.2, 0.25) is 0 Å². The predicted molar refractivity (Wildman–Crippen MR) is 111 cm³/mol. The first-order chi connectivity index (χ1) is 13.3. The normalized spacial score (nSPS) is 15.9. The number of amides is 1. The van der Waals surface area contributed by atoms with E-state index in [9.17, 15) is 9.59 Å². The number of benzene rings is 2. The molecule has 1 saturated heterocycles. The van der Waals surface area contributed by atoms with Crippen molar-refractivity contribution in [1.82, 2.24) is 4.90 Å². The number of carbonyl (C=O) groups is 2. The van der Waals surface area contributed by atoms with Crippen LogP contribution in [0.25, 0.3) is 0 Å².